The summed E-state index contributed by atoms with van der Waals surface area (Å²) in [6.07, 6.45) is 1.65. The van der Waals surface area contributed by atoms with Gasteiger partial charge in [-0.2, -0.15) is 0 Å². The molecule has 0 spiro atoms. The van der Waals surface area contributed by atoms with Crippen molar-refractivity contribution < 1.29 is 4.39 Å². The summed E-state index contributed by atoms with van der Waals surface area (Å²) < 4.78 is 11.0. The summed E-state index contributed by atoms with van der Waals surface area (Å²) in [6, 6.07) is 0.557. The van der Waals surface area contributed by atoms with Gasteiger partial charge in [0.15, 0.2) is 6.01 Å². The van der Waals surface area contributed by atoms with Gasteiger partial charge in [-0.3, -0.25) is 0 Å². The Morgan fingerprint density at radius 2 is 2.50 bits per heavy atom. The SMILES string of the molecule is C=CCS[CH]F. The van der Waals surface area contributed by atoms with Gasteiger partial charge >= 0.3 is 0 Å². The zero-order valence-electron chi connectivity index (χ0n) is 3.36. The first-order valence-corrected chi connectivity index (χ1v) is 2.61. The van der Waals surface area contributed by atoms with E-state index in [0.29, 0.717) is 11.8 Å². The lowest BCUT2D eigenvalue weighted by Crippen LogP contribution is -1.60. The van der Waals surface area contributed by atoms with E-state index in [1.165, 1.54) is 0 Å². The normalized spacial score (nSPS) is 8.17. The van der Waals surface area contributed by atoms with Crippen molar-refractivity contribution >= 4 is 11.8 Å². The van der Waals surface area contributed by atoms with Crippen LogP contribution in [-0.4, -0.2) is 5.75 Å². The fourth-order valence-corrected chi connectivity index (χ4v) is 0.313. The predicted molar refractivity (Wildman–Crippen MR) is 28.1 cm³/mol. The van der Waals surface area contributed by atoms with Crippen LogP contribution in [0.25, 0.3) is 0 Å². The average molecular weight is 105 g/mol. The summed E-state index contributed by atoms with van der Waals surface area (Å²) in [5, 5.41) is 0. The molecule has 0 atom stereocenters. The Morgan fingerprint density at radius 1 is 1.83 bits per heavy atom. The van der Waals surface area contributed by atoms with E-state index < -0.39 is 0 Å². The standard InChI is InChI=1S/C4H6FS/c1-2-3-6-4-5/h2,4H,1,3H2. The lowest BCUT2D eigenvalue weighted by Gasteiger charge is -1.79. The molecular formula is C4H6FS. The van der Waals surface area contributed by atoms with Gasteiger partial charge in [-0.1, -0.05) is 6.08 Å². The summed E-state index contributed by atoms with van der Waals surface area (Å²) in [5.74, 6) is 0.663. The van der Waals surface area contributed by atoms with E-state index in [-0.39, 0.29) is 0 Å². The van der Waals surface area contributed by atoms with E-state index in [0.717, 1.165) is 11.8 Å². The van der Waals surface area contributed by atoms with E-state index in [4.69, 9.17) is 0 Å². The molecule has 0 aliphatic carbocycles. The molecule has 0 bridgehead atoms. The Balaban J connectivity index is 2.49. The summed E-state index contributed by atoms with van der Waals surface area (Å²) >= 11 is 1.10. The molecule has 0 N–H and O–H groups in total. The van der Waals surface area contributed by atoms with Crippen molar-refractivity contribution in [3.05, 3.63) is 18.7 Å². The lowest BCUT2D eigenvalue weighted by molar-refractivity contribution is 0.690. The van der Waals surface area contributed by atoms with E-state index in [1.54, 1.807) is 6.08 Å². The maximum atomic E-state index is 11.0. The summed E-state index contributed by atoms with van der Waals surface area (Å²) in [6.45, 7) is 3.39. The first-order chi connectivity index (χ1) is 2.91. The van der Waals surface area contributed by atoms with Gasteiger partial charge in [0, 0.05) is 5.75 Å². The van der Waals surface area contributed by atoms with Crippen LogP contribution in [0.3, 0.4) is 0 Å². The summed E-state index contributed by atoms with van der Waals surface area (Å²) in [5.41, 5.74) is 0. The van der Waals surface area contributed by atoms with Crippen LogP contribution in [0.4, 0.5) is 4.39 Å². The third kappa shape index (κ3) is 4.02. The van der Waals surface area contributed by atoms with E-state index in [2.05, 4.69) is 6.58 Å². The van der Waals surface area contributed by atoms with Crippen LogP contribution < -0.4 is 0 Å². The minimum absolute atomic E-state index is 0.557. The van der Waals surface area contributed by atoms with E-state index in [9.17, 15) is 4.39 Å². The molecule has 0 aromatic rings. The number of hydrogen-bond donors (Lipinski definition) is 0. The molecule has 0 aromatic heterocycles. The van der Waals surface area contributed by atoms with Crippen molar-refractivity contribution in [3.63, 3.8) is 0 Å². The topological polar surface area (TPSA) is 0 Å². The van der Waals surface area contributed by atoms with Crippen LogP contribution in [0.5, 0.6) is 0 Å². The Hall–Kier alpha value is 0.0200. The van der Waals surface area contributed by atoms with E-state index in [1.807, 2.05) is 0 Å². The van der Waals surface area contributed by atoms with Gasteiger partial charge in [-0.25, -0.2) is 4.39 Å². The number of halogens is 1. The molecule has 0 unspecified atom stereocenters. The van der Waals surface area contributed by atoms with E-state index >= 15 is 0 Å². The summed E-state index contributed by atoms with van der Waals surface area (Å²) in [4.78, 5) is 0. The molecule has 2 heteroatoms. The molecule has 0 aliphatic heterocycles. The van der Waals surface area contributed by atoms with Crippen molar-refractivity contribution in [3.8, 4) is 0 Å². The fraction of sp³-hybridized carbons (Fsp3) is 0.250. The number of hydrogen-bond acceptors (Lipinski definition) is 1. The monoisotopic (exact) mass is 105 g/mol. The third-order valence-corrected chi connectivity index (χ3v) is 0.831. The maximum absolute atomic E-state index is 11.0. The van der Waals surface area contributed by atoms with Crippen molar-refractivity contribution in [1.29, 1.82) is 0 Å². The molecule has 0 amide bonds. The highest BCUT2D eigenvalue weighted by atomic mass is 32.2. The molecule has 35 valence electrons. The molecule has 0 aliphatic rings. The molecule has 0 fully saturated rings. The zero-order valence-corrected chi connectivity index (χ0v) is 4.17. The molecule has 0 aromatic carbocycles. The first kappa shape index (κ1) is 6.02. The van der Waals surface area contributed by atoms with Gasteiger partial charge in [-0.05, 0) is 0 Å². The third-order valence-electron chi connectivity index (χ3n) is 0.277. The Bertz CT molecular complexity index is 36.5. The second-order valence-electron chi connectivity index (χ2n) is 0.711. The molecule has 6 heavy (non-hydrogen) atoms. The number of thioether (sulfide) groups is 1. The molecule has 1 radical (unpaired) electrons. The van der Waals surface area contributed by atoms with Gasteiger partial charge < -0.3 is 0 Å². The molecular weight excluding hydrogens is 99.1 g/mol. The Labute approximate surface area is 41.4 Å². The van der Waals surface area contributed by atoms with Crippen LogP contribution in [0.15, 0.2) is 12.7 Å². The van der Waals surface area contributed by atoms with Crippen molar-refractivity contribution in [2.75, 3.05) is 5.75 Å². The first-order valence-electron chi connectivity index (χ1n) is 1.56. The minimum Gasteiger partial charge on any atom is -0.231 e. The van der Waals surface area contributed by atoms with Gasteiger partial charge in [0.05, 0.1) is 0 Å². The van der Waals surface area contributed by atoms with Crippen molar-refractivity contribution in [2.24, 2.45) is 0 Å². The van der Waals surface area contributed by atoms with Gasteiger partial charge in [0.1, 0.15) is 0 Å². The molecule has 0 heterocycles. The van der Waals surface area contributed by atoms with Crippen LogP contribution in [0.2, 0.25) is 0 Å². The van der Waals surface area contributed by atoms with Gasteiger partial charge in [0.25, 0.3) is 0 Å². The van der Waals surface area contributed by atoms with Crippen LogP contribution in [0.1, 0.15) is 0 Å². The highest BCUT2D eigenvalue weighted by Crippen LogP contribution is 2.03. The zero-order chi connectivity index (χ0) is 4.83. The second kappa shape index (κ2) is 5.02. The van der Waals surface area contributed by atoms with Gasteiger partial charge in [-0.15, -0.1) is 18.3 Å². The highest BCUT2D eigenvalue weighted by molar-refractivity contribution is 8.01. The predicted octanol–water partition coefficient (Wildman–Crippen LogP) is 1.99. The molecule has 0 nitrogen and oxygen atoms in total. The van der Waals surface area contributed by atoms with Crippen LogP contribution in [-0.2, 0) is 0 Å². The molecule has 0 rings (SSSR count). The quantitative estimate of drug-likeness (QED) is 0.390. The lowest BCUT2D eigenvalue weighted by atomic mass is 10.8. The molecule has 0 saturated carbocycles. The Morgan fingerprint density at radius 3 is 2.67 bits per heavy atom. The van der Waals surface area contributed by atoms with Crippen molar-refractivity contribution in [1.82, 2.24) is 0 Å². The second-order valence-corrected chi connectivity index (χ2v) is 1.56. The smallest absolute Gasteiger partial charge is 0.186 e. The fourth-order valence-electron chi connectivity index (χ4n) is 0.104. The van der Waals surface area contributed by atoms with Crippen molar-refractivity contribution in [2.45, 2.75) is 0 Å². The maximum Gasteiger partial charge on any atom is 0.186 e. The summed E-state index contributed by atoms with van der Waals surface area (Å²) in [7, 11) is 0. The van der Waals surface area contributed by atoms with Crippen LogP contribution in [0, 0.1) is 6.01 Å². The highest BCUT2D eigenvalue weighted by Gasteiger charge is 1.75. The Kier molecular flexibility index (Phi) is 5.04. The number of rotatable bonds is 3. The minimum atomic E-state index is 0.557. The van der Waals surface area contributed by atoms with Gasteiger partial charge in [0.2, 0.25) is 0 Å². The van der Waals surface area contributed by atoms with Crippen LogP contribution >= 0.6 is 11.8 Å². The average Bonchev–Trinajstić information content (AvgIpc) is 1.61. The largest absolute Gasteiger partial charge is 0.231 e. The molecule has 0 saturated heterocycles.